The van der Waals surface area contributed by atoms with Gasteiger partial charge in [-0.3, -0.25) is 4.90 Å². The molecular weight excluding hydrogens is 250 g/mol. The van der Waals surface area contributed by atoms with E-state index in [9.17, 15) is 4.79 Å². The van der Waals surface area contributed by atoms with Crippen LogP contribution < -0.4 is 0 Å². The SMILES string of the molecule is COCCN(Cc1cc(C(=O)O)sc1C)C(C)C. The third kappa shape index (κ3) is 4.08. The van der Waals surface area contributed by atoms with Gasteiger partial charge in [-0.2, -0.15) is 0 Å². The van der Waals surface area contributed by atoms with Crippen molar-refractivity contribution in [3.8, 4) is 0 Å². The van der Waals surface area contributed by atoms with Gasteiger partial charge in [0.15, 0.2) is 0 Å². The fourth-order valence-electron chi connectivity index (χ4n) is 1.73. The van der Waals surface area contributed by atoms with Gasteiger partial charge in [-0.05, 0) is 32.4 Å². The quantitative estimate of drug-likeness (QED) is 0.828. The molecular formula is C13H21NO3S. The molecule has 5 heteroatoms. The molecule has 1 rings (SSSR count). The Balaban J connectivity index is 2.76. The second kappa shape index (κ2) is 6.87. The first-order chi connectivity index (χ1) is 8.45. The van der Waals surface area contributed by atoms with Crippen LogP contribution in [0.3, 0.4) is 0 Å². The number of carboxylic acid groups (broad SMARTS) is 1. The molecule has 0 saturated carbocycles. The van der Waals surface area contributed by atoms with Gasteiger partial charge < -0.3 is 9.84 Å². The van der Waals surface area contributed by atoms with Crippen molar-refractivity contribution in [2.24, 2.45) is 0 Å². The van der Waals surface area contributed by atoms with Crippen molar-refractivity contribution >= 4 is 17.3 Å². The first-order valence-corrected chi connectivity index (χ1v) is 6.83. The van der Waals surface area contributed by atoms with Gasteiger partial charge in [-0.1, -0.05) is 0 Å². The molecule has 1 heterocycles. The molecule has 4 nitrogen and oxygen atoms in total. The number of carbonyl (C=O) groups is 1. The van der Waals surface area contributed by atoms with E-state index in [-0.39, 0.29) is 0 Å². The molecule has 0 aliphatic carbocycles. The van der Waals surface area contributed by atoms with Crippen LogP contribution in [0.5, 0.6) is 0 Å². The summed E-state index contributed by atoms with van der Waals surface area (Å²) in [4.78, 5) is 14.7. The van der Waals surface area contributed by atoms with E-state index in [4.69, 9.17) is 9.84 Å². The summed E-state index contributed by atoms with van der Waals surface area (Å²) in [6.07, 6.45) is 0. The molecule has 0 atom stereocenters. The van der Waals surface area contributed by atoms with Crippen molar-refractivity contribution in [3.05, 3.63) is 21.4 Å². The fourth-order valence-corrected chi connectivity index (χ4v) is 2.60. The van der Waals surface area contributed by atoms with Gasteiger partial charge in [0, 0.05) is 31.1 Å². The van der Waals surface area contributed by atoms with Crippen LogP contribution in [0.25, 0.3) is 0 Å². The van der Waals surface area contributed by atoms with Gasteiger partial charge >= 0.3 is 5.97 Å². The summed E-state index contributed by atoms with van der Waals surface area (Å²) in [7, 11) is 1.69. The molecule has 1 aromatic rings. The zero-order valence-corrected chi connectivity index (χ0v) is 12.2. The summed E-state index contributed by atoms with van der Waals surface area (Å²) in [6.45, 7) is 8.56. The van der Waals surface area contributed by atoms with E-state index in [1.807, 2.05) is 6.92 Å². The number of aryl methyl sites for hydroxylation is 1. The van der Waals surface area contributed by atoms with Gasteiger partial charge in [0.1, 0.15) is 4.88 Å². The normalized spacial score (nSPS) is 11.4. The van der Waals surface area contributed by atoms with Gasteiger partial charge in [0.2, 0.25) is 0 Å². The van der Waals surface area contributed by atoms with Gasteiger partial charge in [-0.15, -0.1) is 11.3 Å². The Morgan fingerprint density at radius 3 is 2.67 bits per heavy atom. The Labute approximate surface area is 112 Å². The Hall–Kier alpha value is -0.910. The molecule has 0 spiro atoms. The molecule has 1 aromatic heterocycles. The monoisotopic (exact) mass is 271 g/mol. The number of hydrogen-bond donors (Lipinski definition) is 1. The zero-order valence-electron chi connectivity index (χ0n) is 11.4. The Kier molecular flexibility index (Phi) is 5.78. The van der Waals surface area contributed by atoms with Crippen molar-refractivity contribution in [3.63, 3.8) is 0 Å². The second-order valence-electron chi connectivity index (χ2n) is 4.55. The van der Waals surface area contributed by atoms with E-state index in [2.05, 4.69) is 18.7 Å². The lowest BCUT2D eigenvalue weighted by Gasteiger charge is -2.26. The molecule has 0 radical (unpaired) electrons. The Bertz CT molecular complexity index is 401. The molecule has 0 aliphatic rings. The van der Waals surface area contributed by atoms with Crippen LogP contribution in [-0.4, -0.2) is 42.3 Å². The molecule has 1 N–H and O–H groups in total. The molecule has 102 valence electrons. The van der Waals surface area contributed by atoms with Crippen LogP contribution in [0.1, 0.15) is 34.0 Å². The lowest BCUT2D eigenvalue weighted by atomic mass is 10.2. The number of hydrogen-bond acceptors (Lipinski definition) is 4. The number of ether oxygens (including phenoxy) is 1. The van der Waals surface area contributed by atoms with Gasteiger partial charge in [-0.25, -0.2) is 4.79 Å². The van der Waals surface area contributed by atoms with Crippen LogP contribution in [0, 0.1) is 6.92 Å². The minimum absolute atomic E-state index is 0.410. The molecule has 0 saturated heterocycles. The topological polar surface area (TPSA) is 49.8 Å². The molecule has 0 amide bonds. The highest BCUT2D eigenvalue weighted by atomic mass is 32.1. The first kappa shape index (κ1) is 15.1. The highest BCUT2D eigenvalue weighted by Gasteiger charge is 2.15. The number of thiophene rings is 1. The molecule has 0 fully saturated rings. The number of methoxy groups -OCH3 is 1. The van der Waals surface area contributed by atoms with Gasteiger partial charge in [0.25, 0.3) is 0 Å². The van der Waals surface area contributed by atoms with Gasteiger partial charge in [0.05, 0.1) is 6.61 Å². The summed E-state index contributed by atoms with van der Waals surface area (Å²) in [5, 5.41) is 8.98. The van der Waals surface area contributed by atoms with Crippen LogP contribution in [0.4, 0.5) is 0 Å². The van der Waals surface area contributed by atoms with Crippen molar-refractivity contribution < 1.29 is 14.6 Å². The molecule has 0 aromatic carbocycles. The lowest BCUT2D eigenvalue weighted by molar-refractivity contribution is 0.0702. The highest BCUT2D eigenvalue weighted by molar-refractivity contribution is 7.14. The predicted octanol–water partition coefficient (Wildman–Crippen LogP) is 2.61. The smallest absolute Gasteiger partial charge is 0.345 e. The Morgan fingerprint density at radius 2 is 2.22 bits per heavy atom. The maximum absolute atomic E-state index is 10.9. The Morgan fingerprint density at radius 1 is 1.56 bits per heavy atom. The van der Waals surface area contributed by atoms with E-state index < -0.39 is 5.97 Å². The summed E-state index contributed by atoms with van der Waals surface area (Å²) in [6, 6.07) is 2.19. The summed E-state index contributed by atoms with van der Waals surface area (Å²) in [5.41, 5.74) is 1.10. The van der Waals surface area contributed by atoms with Crippen molar-refractivity contribution in [1.82, 2.24) is 4.90 Å². The average molecular weight is 271 g/mol. The van der Waals surface area contributed by atoms with E-state index in [0.717, 1.165) is 23.5 Å². The minimum atomic E-state index is -0.845. The van der Waals surface area contributed by atoms with Crippen LogP contribution >= 0.6 is 11.3 Å². The van der Waals surface area contributed by atoms with Crippen LogP contribution in [0.2, 0.25) is 0 Å². The number of nitrogens with zero attached hydrogens (tertiary/aromatic N) is 1. The molecule has 0 bridgehead atoms. The first-order valence-electron chi connectivity index (χ1n) is 6.01. The third-order valence-electron chi connectivity index (χ3n) is 2.92. The highest BCUT2D eigenvalue weighted by Crippen LogP contribution is 2.23. The molecule has 18 heavy (non-hydrogen) atoms. The van der Waals surface area contributed by atoms with E-state index in [1.165, 1.54) is 11.3 Å². The van der Waals surface area contributed by atoms with Crippen molar-refractivity contribution in [1.29, 1.82) is 0 Å². The summed E-state index contributed by atoms with van der Waals surface area (Å²) in [5.74, 6) is -0.845. The maximum atomic E-state index is 10.9. The van der Waals surface area contributed by atoms with E-state index in [1.54, 1.807) is 13.2 Å². The third-order valence-corrected chi connectivity index (χ3v) is 4.00. The lowest BCUT2D eigenvalue weighted by Crippen LogP contribution is -2.33. The van der Waals surface area contributed by atoms with E-state index in [0.29, 0.717) is 17.5 Å². The zero-order chi connectivity index (χ0) is 13.7. The average Bonchev–Trinajstić information content (AvgIpc) is 2.66. The number of rotatable bonds is 7. The van der Waals surface area contributed by atoms with Crippen LogP contribution in [-0.2, 0) is 11.3 Å². The fraction of sp³-hybridized carbons (Fsp3) is 0.615. The predicted molar refractivity (Wildman–Crippen MR) is 73.4 cm³/mol. The second-order valence-corrected chi connectivity index (χ2v) is 5.81. The van der Waals surface area contributed by atoms with Crippen LogP contribution in [0.15, 0.2) is 6.07 Å². The standard InChI is InChI=1S/C13H21NO3S/c1-9(2)14(5-6-17-4)8-11-7-12(13(15)16)18-10(11)3/h7,9H,5-6,8H2,1-4H3,(H,15,16). The number of carboxylic acids is 1. The molecule has 0 aliphatic heterocycles. The number of aromatic carboxylic acids is 1. The summed E-state index contributed by atoms with van der Waals surface area (Å²) >= 11 is 1.34. The van der Waals surface area contributed by atoms with Crippen molar-refractivity contribution in [2.45, 2.75) is 33.4 Å². The maximum Gasteiger partial charge on any atom is 0.345 e. The van der Waals surface area contributed by atoms with E-state index >= 15 is 0 Å². The van der Waals surface area contributed by atoms with Crippen molar-refractivity contribution in [2.75, 3.05) is 20.3 Å². The summed E-state index contributed by atoms with van der Waals surface area (Å²) < 4.78 is 5.10. The molecule has 0 unspecified atom stereocenters. The minimum Gasteiger partial charge on any atom is -0.477 e. The largest absolute Gasteiger partial charge is 0.477 e.